The number of hydrogen-bond acceptors (Lipinski definition) is 1. The van der Waals surface area contributed by atoms with Gasteiger partial charge in [-0.3, -0.25) is 4.79 Å². The Balaban J connectivity index is 2.15. The zero-order valence-corrected chi connectivity index (χ0v) is 20.5. The molecule has 174 valence electrons. The van der Waals surface area contributed by atoms with Crippen molar-refractivity contribution in [2.24, 2.45) is 0 Å². The number of anilines is 1. The molecule has 0 saturated carbocycles. The molecule has 1 rings (SSSR count). The van der Waals surface area contributed by atoms with Crippen LogP contribution < -0.4 is 5.32 Å². The van der Waals surface area contributed by atoms with Crippen molar-refractivity contribution < 1.29 is 4.79 Å². The van der Waals surface area contributed by atoms with E-state index in [0.29, 0.717) is 6.42 Å². The number of carbonyl (C=O) groups is 1. The van der Waals surface area contributed by atoms with Gasteiger partial charge in [-0.25, -0.2) is 0 Å². The van der Waals surface area contributed by atoms with E-state index in [1.54, 1.807) is 0 Å². The summed E-state index contributed by atoms with van der Waals surface area (Å²) < 4.78 is 0. The highest BCUT2D eigenvalue weighted by molar-refractivity contribution is 5.92. The lowest BCUT2D eigenvalue weighted by Gasteiger charge is -2.14. The van der Waals surface area contributed by atoms with Gasteiger partial charge in [-0.15, -0.1) is 0 Å². The van der Waals surface area contributed by atoms with Crippen molar-refractivity contribution in [2.45, 2.75) is 85.0 Å². The average molecular weight is 434 g/mol. The van der Waals surface area contributed by atoms with Crippen LogP contribution >= 0.6 is 0 Å². The molecule has 2 nitrogen and oxygen atoms in total. The molecule has 32 heavy (non-hydrogen) atoms. The van der Waals surface area contributed by atoms with Crippen LogP contribution in [0.1, 0.15) is 83.3 Å². The van der Waals surface area contributed by atoms with Crippen molar-refractivity contribution in [1.29, 1.82) is 0 Å². The minimum atomic E-state index is 0.118. The summed E-state index contributed by atoms with van der Waals surface area (Å²) in [5.74, 6) is 0.118. The summed E-state index contributed by atoms with van der Waals surface area (Å²) in [6.07, 6.45) is 31.4. The van der Waals surface area contributed by atoms with Gasteiger partial charge in [0, 0.05) is 12.1 Å². The van der Waals surface area contributed by atoms with Gasteiger partial charge in [0.1, 0.15) is 0 Å². The first-order valence-corrected chi connectivity index (χ1v) is 12.4. The summed E-state index contributed by atoms with van der Waals surface area (Å²) in [5.41, 5.74) is 3.46. The van der Waals surface area contributed by atoms with Crippen LogP contribution in [-0.2, 0) is 17.6 Å². The Labute approximate surface area is 196 Å². The number of benzene rings is 1. The first-order valence-electron chi connectivity index (χ1n) is 12.4. The van der Waals surface area contributed by atoms with Crippen LogP contribution in [0.25, 0.3) is 0 Å². The maximum Gasteiger partial charge on any atom is 0.224 e. The molecule has 0 fully saturated rings. The molecule has 0 unspecified atom stereocenters. The van der Waals surface area contributed by atoms with E-state index in [4.69, 9.17) is 0 Å². The number of amides is 1. The lowest BCUT2D eigenvalue weighted by molar-refractivity contribution is -0.116. The van der Waals surface area contributed by atoms with E-state index in [1.165, 1.54) is 11.1 Å². The van der Waals surface area contributed by atoms with Crippen LogP contribution in [0, 0.1) is 0 Å². The van der Waals surface area contributed by atoms with E-state index in [2.05, 4.69) is 105 Å². The molecule has 1 aromatic rings. The van der Waals surface area contributed by atoms with Crippen LogP contribution in [-0.4, -0.2) is 5.91 Å². The highest BCUT2D eigenvalue weighted by Gasteiger charge is 2.09. The summed E-state index contributed by atoms with van der Waals surface area (Å²) >= 11 is 0. The molecule has 1 amide bonds. The predicted molar refractivity (Wildman–Crippen MR) is 142 cm³/mol. The lowest BCUT2D eigenvalue weighted by Crippen LogP contribution is -2.14. The van der Waals surface area contributed by atoms with Crippen molar-refractivity contribution >= 4 is 11.6 Å². The standard InChI is InChI=1S/C30H43NO/c1-4-7-8-9-10-11-12-13-14-15-16-17-18-19-20-21-22-26-29(32)31-30-27(5-2)24-23-25-28(30)6-3/h7-8,10-11,13-14,16-17,19-20,23-25H,4-6,9,12,15,18,21-22,26H2,1-3H3,(H,31,32)/b8-7-,11-10-,14-13-,17-16-,20-19-. The van der Waals surface area contributed by atoms with Gasteiger partial charge in [0.25, 0.3) is 0 Å². The Morgan fingerprint density at radius 3 is 1.66 bits per heavy atom. The minimum Gasteiger partial charge on any atom is -0.326 e. The molecular formula is C30H43NO. The van der Waals surface area contributed by atoms with Crippen LogP contribution in [0.4, 0.5) is 5.69 Å². The molecule has 0 aliphatic rings. The molecule has 0 aliphatic heterocycles. The van der Waals surface area contributed by atoms with Crippen molar-refractivity contribution in [3.05, 3.63) is 90.1 Å². The fourth-order valence-corrected chi connectivity index (χ4v) is 3.35. The summed E-state index contributed by atoms with van der Waals surface area (Å²) in [6.45, 7) is 6.42. The number of rotatable bonds is 16. The fraction of sp³-hybridized carbons (Fsp3) is 0.433. The monoisotopic (exact) mass is 433 g/mol. The van der Waals surface area contributed by atoms with Crippen LogP contribution in [0.2, 0.25) is 0 Å². The molecule has 0 bridgehead atoms. The smallest absolute Gasteiger partial charge is 0.224 e. The van der Waals surface area contributed by atoms with Gasteiger partial charge in [0.05, 0.1) is 0 Å². The Morgan fingerprint density at radius 2 is 1.19 bits per heavy atom. The molecule has 1 aromatic carbocycles. The third-order valence-corrected chi connectivity index (χ3v) is 5.20. The van der Waals surface area contributed by atoms with Gasteiger partial charge >= 0.3 is 0 Å². The van der Waals surface area contributed by atoms with Crippen molar-refractivity contribution in [3.63, 3.8) is 0 Å². The van der Waals surface area contributed by atoms with Gasteiger partial charge in [0.15, 0.2) is 0 Å². The van der Waals surface area contributed by atoms with E-state index in [0.717, 1.165) is 63.5 Å². The van der Waals surface area contributed by atoms with Gasteiger partial charge in [-0.2, -0.15) is 0 Å². The Hall–Kier alpha value is -2.61. The predicted octanol–water partition coefficient (Wildman–Crippen LogP) is 8.67. The first-order chi connectivity index (χ1) is 15.7. The summed E-state index contributed by atoms with van der Waals surface area (Å²) in [4.78, 5) is 12.3. The van der Waals surface area contributed by atoms with Crippen LogP contribution in [0.15, 0.2) is 79.0 Å². The number of unbranched alkanes of at least 4 members (excludes halogenated alkanes) is 1. The average Bonchev–Trinajstić information content (AvgIpc) is 2.81. The van der Waals surface area contributed by atoms with E-state index in [9.17, 15) is 4.79 Å². The summed E-state index contributed by atoms with van der Waals surface area (Å²) in [5, 5.41) is 3.15. The van der Waals surface area contributed by atoms with Crippen LogP contribution in [0.3, 0.4) is 0 Å². The maximum absolute atomic E-state index is 12.3. The molecule has 0 aromatic heterocycles. The molecule has 0 saturated heterocycles. The first kappa shape index (κ1) is 27.4. The quantitative estimate of drug-likeness (QED) is 0.205. The summed E-state index contributed by atoms with van der Waals surface area (Å²) in [7, 11) is 0. The van der Waals surface area contributed by atoms with Crippen molar-refractivity contribution in [1.82, 2.24) is 0 Å². The van der Waals surface area contributed by atoms with Crippen molar-refractivity contribution in [2.75, 3.05) is 5.32 Å². The van der Waals surface area contributed by atoms with Crippen molar-refractivity contribution in [3.8, 4) is 0 Å². The third kappa shape index (κ3) is 12.9. The second kappa shape index (κ2) is 19.1. The molecule has 0 radical (unpaired) electrons. The van der Waals surface area contributed by atoms with E-state index in [-0.39, 0.29) is 5.91 Å². The molecule has 1 N–H and O–H groups in total. The number of allylic oxidation sites excluding steroid dienone is 10. The lowest BCUT2D eigenvalue weighted by atomic mass is 10.0. The Morgan fingerprint density at radius 1 is 0.719 bits per heavy atom. The van der Waals surface area contributed by atoms with E-state index in [1.807, 2.05) is 0 Å². The van der Waals surface area contributed by atoms with Gasteiger partial charge in [-0.05, 0) is 68.9 Å². The molecule has 0 spiro atoms. The second-order valence-electron chi connectivity index (χ2n) is 7.81. The van der Waals surface area contributed by atoms with Gasteiger partial charge in [0.2, 0.25) is 5.91 Å². The second-order valence-corrected chi connectivity index (χ2v) is 7.81. The Bertz CT molecular complexity index is 758. The minimum absolute atomic E-state index is 0.118. The highest BCUT2D eigenvalue weighted by atomic mass is 16.1. The fourth-order valence-electron chi connectivity index (χ4n) is 3.35. The normalized spacial score (nSPS) is 12.3. The number of hydrogen-bond donors (Lipinski definition) is 1. The molecule has 0 atom stereocenters. The van der Waals surface area contributed by atoms with E-state index >= 15 is 0 Å². The topological polar surface area (TPSA) is 29.1 Å². The maximum atomic E-state index is 12.3. The number of aryl methyl sites for hydroxylation is 2. The largest absolute Gasteiger partial charge is 0.326 e. The zero-order chi connectivity index (χ0) is 23.3. The number of carbonyl (C=O) groups excluding carboxylic acids is 1. The highest BCUT2D eigenvalue weighted by Crippen LogP contribution is 2.23. The molecule has 0 aliphatic carbocycles. The van der Waals surface area contributed by atoms with Gasteiger partial charge in [-0.1, -0.05) is 99.7 Å². The molecular weight excluding hydrogens is 390 g/mol. The summed E-state index contributed by atoms with van der Waals surface area (Å²) in [6, 6.07) is 6.28. The molecule has 0 heterocycles. The van der Waals surface area contributed by atoms with E-state index < -0.39 is 0 Å². The van der Waals surface area contributed by atoms with Crippen LogP contribution in [0.5, 0.6) is 0 Å². The third-order valence-electron chi connectivity index (χ3n) is 5.20. The van der Waals surface area contributed by atoms with Gasteiger partial charge < -0.3 is 5.32 Å². The Kier molecular flexibility index (Phi) is 16.4. The molecule has 2 heteroatoms. The number of nitrogens with one attached hydrogen (secondary N) is 1. The number of para-hydroxylation sites is 1. The SMILES string of the molecule is CC/C=C\C/C=C\C/C=C\C/C=C\C/C=C\CCCC(=O)Nc1c(CC)cccc1CC. The zero-order valence-electron chi connectivity index (χ0n) is 20.5.